The fraction of sp³-hybridized carbons (Fsp3) is 0.489. The molecule has 1 heterocycles. The van der Waals surface area contributed by atoms with Crippen molar-refractivity contribution < 1.29 is 43.2 Å². The van der Waals surface area contributed by atoms with Gasteiger partial charge in [0.15, 0.2) is 0 Å². The number of unbranched alkanes of at least 4 members (excludes halogenated alkanes) is 2. The molecule has 0 saturated heterocycles. The van der Waals surface area contributed by atoms with Gasteiger partial charge in [-0.05, 0) is 123 Å². The van der Waals surface area contributed by atoms with E-state index in [1.165, 1.54) is 17.7 Å². The topological polar surface area (TPSA) is 119 Å². The van der Waals surface area contributed by atoms with Gasteiger partial charge < -0.3 is 34.0 Å². The number of aliphatic hydroxyl groups excluding tert-OH is 2. The number of benzene rings is 3. The van der Waals surface area contributed by atoms with Crippen molar-refractivity contribution in [1.82, 2.24) is 4.90 Å². The maximum atomic E-state index is 14.4. The molecule has 3 aliphatic rings. The second kappa shape index (κ2) is 20.7. The molecule has 2 aliphatic carbocycles. The van der Waals surface area contributed by atoms with Gasteiger partial charge in [0, 0.05) is 37.7 Å². The molecular formula is C47H58ClFN2O8. The van der Waals surface area contributed by atoms with Gasteiger partial charge in [-0.3, -0.25) is 4.90 Å². The van der Waals surface area contributed by atoms with Crippen molar-refractivity contribution in [1.29, 1.82) is 0 Å². The Morgan fingerprint density at radius 3 is 2.44 bits per heavy atom. The summed E-state index contributed by atoms with van der Waals surface area (Å²) in [6.07, 6.45) is 8.03. The first-order valence-corrected chi connectivity index (χ1v) is 21.4. The van der Waals surface area contributed by atoms with Crippen LogP contribution in [-0.2, 0) is 20.9 Å². The molecule has 0 aromatic heterocycles. The number of oxime groups is 1. The van der Waals surface area contributed by atoms with Crippen LogP contribution in [0.4, 0.5) is 9.18 Å². The van der Waals surface area contributed by atoms with Gasteiger partial charge in [-0.1, -0.05) is 48.3 Å². The van der Waals surface area contributed by atoms with E-state index >= 15 is 0 Å². The van der Waals surface area contributed by atoms with E-state index < -0.39 is 29.7 Å². The highest BCUT2D eigenvalue weighted by Gasteiger charge is 2.65. The molecule has 3 aromatic rings. The summed E-state index contributed by atoms with van der Waals surface area (Å²) < 4.78 is 40.8. The van der Waals surface area contributed by atoms with Crippen LogP contribution >= 0.6 is 11.6 Å². The zero-order chi connectivity index (χ0) is 41.9. The molecule has 6 rings (SSSR count). The van der Waals surface area contributed by atoms with Gasteiger partial charge in [0.25, 0.3) is 0 Å². The summed E-state index contributed by atoms with van der Waals surface area (Å²) in [7, 11) is 0. The minimum Gasteiger partial charge on any atom is -0.459 e. The molecule has 1 fully saturated rings. The largest absolute Gasteiger partial charge is 0.459 e. The maximum Gasteiger partial charge on any atom is 0.410 e. The number of carbonyl (C=O) groups excluding carboxylic acids is 1. The summed E-state index contributed by atoms with van der Waals surface area (Å²) in [5.74, 6) is -0.505. The first-order valence-electron chi connectivity index (χ1n) is 20.9. The number of aliphatic hydroxyl groups is 2. The van der Waals surface area contributed by atoms with Crippen molar-refractivity contribution in [3.8, 4) is 17.2 Å². The molecule has 1 amide bonds. The molecule has 3 aromatic carbocycles. The number of fused-ring (bicyclic) bond motifs is 2. The SMILES string of the molecule is C=CCOC12Oc3ccc(Oc4ccc(C)c(C)c4)cc3C3C(CCCCO)C(CCCCO)C=C(C(=NOCC)CC1N(Cc1ccc(F)cc1)C(=O)OCCCl)C32. The Labute approximate surface area is 352 Å². The summed E-state index contributed by atoms with van der Waals surface area (Å²) in [5.41, 5.74) is 5.48. The number of nitrogens with zero attached hydrogens (tertiary/aromatic N) is 2. The normalized spacial score (nSPS) is 23.7. The lowest BCUT2D eigenvalue weighted by atomic mass is 9.55. The van der Waals surface area contributed by atoms with E-state index in [1.54, 1.807) is 23.1 Å². The van der Waals surface area contributed by atoms with Gasteiger partial charge in [0.05, 0.1) is 24.1 Å². The van der Waals surface area contributed by atoms with Crippen LogP contribution in [0.25, 0.3) is 0 Å². The molecule has 12 heteroatoms. The van der Waals surface area contributed by atoms with Crippen molar-refractivity contribution >= 4 is 23.4 Å². The van der Waals surface area contributed by atoms with E-state index in [1.807, 2.05) is 37.3 Å². The number of carbonyl (C=O) groups is 1. The molecule has 2 N–H and O–H groups in total. The average Bonchev–Trinajstić information content (AvgIpc) is 3.24. The fourth-order valence-electron chi connectivity index (χ4n) is 9.07. The molecular weight excluding hydrogens is 775 g/mol. The molecule has 1 aliphatic heterocycles. The Balaban J connectivity index is 1.60. The summed E-state index contributed by atoms with van der Waals surface area (Å²) in [5, 5.41) is 24.5. The number of alkyl halides is 1. The van der Waals surface area contributed by atoms with Crippen LogP contribution in [-0.4, -0.2) is 77.7 Å². The number of hydrogen-bond donors (Lipinski definition) is 2. The van der Waals surface area contributed by atoms with E-state index in [2.05, 4.69) is 32.6 Å². The lowest BCUT2D eigenvalue weighted by molar-refractivity contribution is -0.256. The Kier molecular flexibility index (Phi) is 15.5. The van der Waals surface area contributed by atoms with Crippen molar-refractivity contribution in [2.24, 2.45) is 22.9 Å². The van der Waals surface area contributed by atoms with E-state index in [9.17, 15) is 19.4 Å². The highest BCUT2D eigenvalue weighted by atomic mass is 35.5. The van der Waals surface area contributed by atoms with Crippen molar-refractivity contribution in [3.05, 3.63) is 113 Å². The second-order valence-electron chi connectivity index (χ2n) is 15.6. The Morgan fingerprint density at radius 2 is 1.75 bits per heavy atom. The average molecular weight is 833 g/mol. The number of halogens is 2. The molecule has 318 valence electrons. The number of rotatable bonds is 20. The standard InChI is InChI=1S/C47H58ClFN2O8/c1-5-24-56-47-43(51(46(54)55-25-21-48)30-33-14-16-35(49)17-15-33)29-41(50-57-6-2)39-27-34(11-7-9-22-52)38(12-8-10-23-53)44(45(39)47)40-28-37(19-20-42(40)59-47)58-36-18-13-31(3)32(4)26-36/h5,13-20,26-28,34,38,43-45,52-53H,1,6-12,21-25,29-30H2,2-4H3. The van der Waals surface area contributed by atoms with Gasteiger partial charge in [-0.2, -0.15) is 0 Å². The number of amides is 1. The van der Waals surface area contributed by atoms with Crippen molar-refractivity contribution in [2.75, 3.05) is 38.9 Å². The first-order chi connectivity index (χ1) is 28.7. The van der Waals surface area contributed by atoms with Gasteiger partial charge in [-0.25, -0.2) is 9.18 Å². The van der Waals surface area contributed by atoms with Crippen LogP contribution in [0.5, 0.6) is 17.2 Å². The third-order valence-corrected chi connectivity index (χ3v) is 12.0. The Hall–Kier alpha value is -4.42. The first kappa shape index (κ1) is 44.1. The van der Waals surface area contributed by atoms with Crippen molar-refractivity contribution in [2.45, 2.75) is 90.0 Å². The van der Waals surface area contributed by atoms with E-state index in [4.69, 9.17) is 40.5 Å². The van der Waals surface area contributed by atoms with E-state index in [0.717, 1.165) is 48.1 Å². The monoisotopic (exact) mass is 832 g/mol. The highest BCUT2D eigenvalue weighted by molar-refractivity contribution is 6.18. The minimum absolute atomic E-state index is 0.0277. The third-order valence-electron chi connectivity index (χ3n) is 11.8. The molecule has 0 radical (unpaired) electrons. The lowest BCUT2D eigenvalue weighted by Gasteiger charge is -2.59. The molecule has 1 saturated carbocycles. The quantitative estimate of drug-likeness (QED) is 0.0500. The third kappa shape index (κ3) is 9.97. The predicted octanol–water partition coefficient (Wildman–Crippen LogP) is 9.77. The molecule has 6 atom stereocenters. The van der Waals surface area contributed by atoms with Crippen LogP contribution in [0.3, 0.4) is 0 Å². The van der Waals surface area contributed by atoms with Gasteiger partial charge in [-0.15, -0.1) is 18.2 Å². The number of allylic oxidation sites excluding steroid dienone is 1. The summed E-state index contributed by atoms with van der Waals surface area (Å²) >= 11 is 6.05. The summed E-state index contributed by atoms with van der Waals surface area (Å²) in [6, 6.07) is 17.1. The zero-order valence-corrected chi connectivity index (χ0v) is 35.2. The zero-order valence-electron chi connectivity index (χ0n) is 34.4. The number of hydrogen-bond acceptors (Lipinski definition) is 9. The van der Waals surface area contributed by atoms with Crippen LogP contribution in [0.1, 0.15) is 80.0 Å². The smallest absolute Gasteiger partial charge is 0.410 e. The molecule has 0 bridgehead atoms. The maximum absolute atomic E-state index is 14.4. The summed E-state index contributed by atoms with van der Waals surface area (Å²) in [6.45, 7) is 10.6. The number of aryl methyl sites for hydroxylation is 2. The fourth-order valence-corrected chi connectivity index (χ4v) is 9.14. The minimum atomic E-state index is -1.50. The van der Waals surface area contributed by atoms with Gasteiger partial charge in [0.2, 0.25) is 5.79 Å². The van der Waals surface area contributed by atoms with Crippen molar-refractivity contribution in [3.63, 3.8) is 0 Å². The van der Waals surface area contributed by atoms with Crippen LogP contribution in [0.15, 0.2) is 90.1 Å². The van der Waals surface area contributed by atoms with E-state index in [0.29, 0.717) is 42.2 Å². The molecule has 59 heavy (non-hydrogen) atoms. The van der Waals surface area contributed by atoms with Gasteiger partial charge in [0.1, 0.15) is 42.3 Å². The van der Waals surface area contributed by atoms with Crippen LogP contribution < -0.4 is 9.47 Å². The van der Waals surface area contributed by atoms with Gasteiger partial charge >= 0.3 is 6.09 Å². The second-order valence-corrected chi connectivity index (χ2v) is 16.0. The highest BCUT2D eigenvalue weighted by Crippen LogP contribution is 2.62. The molecule has 6 unspecified atom stereocenters. The Bertz CT molecular complexity index is 1960. The molecule has 0 spiro atoms. The van der Waals surface area contributed by atoms with Crippen LogP contribution in [0, 0.1) is 37.4 Å². The molecule has 10 nitrogen and oxygen atoms in total. The lowest BCUT2D eigenvalue weighted by Crippen LogP contribution is -2.70. The summed E-state index contributed by atoms with van der Waals surface area (Å²) in [4.78, 5) is 21.8. The number of ether oxygens (including phenoxy) is 4. The predicted molar refractivity (Wildman–Crippen MR) is 227 cm³/mol. The van der Waals surface area contributed by atoms with Crippen LogP contribution in [0.2, 0.25) is 0 Å². The Morgan fingerprint density at radius 1 is 1.02 bits per heavy atom. The van der Waals surface area contributed by atoms with E-state index in [-0.39, 0.29) is 63.0 Å².